The van der Waals surface area contributed by atoms with Crippen molar-refractivity contribution in [1.29, 1.82) is 0 Å². The molecular formula is C49H81NO12. The van der Waals surface area contributed by atoms with Gasteiger partial charge in [0.15, 0.2) is 0 Å². The second-order valence-corrected chi connectivity index (χ2v) is 23.4. The maximum Gasteiger partial charge on any atom is 0.120 e. The molecule has 6 saturated carbocycles. The van der Waals surface area contributed by atoms with Gasteiger partial charge in [0.2, 0.25) is 0 Å². The van der Waals surface area contributed by atoms with Gasteiger partial charge in [0.1, 0.15) is 11.8 Å². The fraction of sp³-hybridized carbons (Fsp3) is 0.918. The predicted molar refractivity (Wildman–Crippen MR) is 230 cm³/mol. The molecule has 22 unspecified atom stereocenters. The molecule has 62 heavy (non-hydrogen) atoms. The Hall–Kier alpha value is -1.04. The van der Waals surface area contributed by atoms with Crippen LogP contribution in [0.3, 0.4) is 0 Å². The van der Waals surface area contributed by atoms with E-state index in [0.29, 0.717) is 19.3 Å². The quantitative estimate of drug-likeness (QED) is 0.0893. The molecule has 6 fully saturated rings. The van der Waals surface area contributed by atoms with Crippen molar-refractivity contribution in [3.63, 3.8) is 0 Å². The van der Waals surface area contributed by atoms with Crippen molar-refractivity contribution < 1.29 is 61.3 Å². The summed E-state index contributed by atoms with van der Waals surface area (Å²) < 4.78 is 0. The summed E-state index contributed by atoms with van der Waals surface area (Å²) in [6.45, 7) is 10.3. The van der Waals surface area contributed by atoms with Gasteiger partial charge in [0.05, 0.1) is 67.0 Å². The van der Waals surface area contributed by atoms with Crippen LogP contribution in [0, 0.1) is 93.2 Å². The molecular weight excluding hydrogens is 795 g/mol. The molecule has 14 N–H and O–H groups in total. The molecule has 0 radical (unpaired) electrons. The van der Waals surface area contributed by atoms with Crippen LogP contribution in [0.1, 0.15) is 112 Å². The number of unbranched alkanes of at least 4 members (excludes halogenated alkanes) is 3. The minimum atomic E-state index is -2.07. The first kappa shape index (κ1) is 47.5. The van der Waals surface area contributed by atoms with Crippen LogP contribution in [0.4, 0.5) is 0 Å². The summed E-state index contributed by atoms with van der Waals surface area (Å²) in [6.07, 6.45) is 4.59. The van der Waals surface area contributed by atoms with Crippen LogP contribution in [-0.2, 0) is 0 Å². The van der Waals surface area contributed by atoms with Crippen LogP contribution in [-0.4, -0.2) is 134 Å². The maximum absolute atomic E-state index is 12.3. The van der Waals surface area contributed by atoms with E-state index < -0.39 is 113 Å². The van der Waals surface area contributed by atoms with Gasteiger partial charge in [-0.2, -0.15) is 0 Å². The molecule has 0 aromatic rings. The van der Waals surface area contributed by atoms with Crippen LogP contribution >= 0.6 is 0 Å². The zero-order valence-corrected chi connectivity index (χ0v) is 37.6. The fourth-order valence-corrected chi connectivity index (χ4v) is 17.5. The Labute approximate surface area is 368 Å². The van der Waals surface area contributed by atoms with Crippen molar-refractivity contribution in [1.82, 2.24) is 0 Å². The molecule has 0 heterocycles. The molecule has 0 spiro atoms. The van der Waals surface area contributed by atoms with Crippen molar-refractivity contribution >= 4 is 0 Å². The summed E-state index contributed by atoms with van der Waals surface area (Å²) in [5.74, 6) is -4.32. The van der Waals surface area contributed by atoms with E-state index >= 15 is 0 Å². The third-order valence-electron chi connectivity index (χ3n) is 20.5. The number of aliphatic hydroxyl groups excluding tert-OH is 11. The molecule has 0 bridgehead atoms. The number of rotatable bonds is 9. The summed E-state index contributed by atoms with van der Waals surface area (Å²) in [6, 6.07) is 0. The van der Waals surface area contributed by atoms with Gasteiger partial charge in [0, 0.05) is 29.1 Å². The number of nitrogens with two attached hydrogens (primary N) is 1. The molecule has 0 aliphatic heterocycles. The van der Waals surface area contributed by atoms with Crippen molar-refractivity contribution in [3.8, 4) is 0 Å². The zero-order valence-electron chi connectivity index (χ0n) is 37.6. The number of hydrogen-bond acceptors (Lipinski definition) is 13. The predicted octanol–water partition coefficient (Wildman–Crippen LogP) is 1.58. The standard InChI is InChI=1S/C49H81NO12/c1-22-39-41(57)37-29(19-46(39,3)21-47(4)20-33(55)34(23(2)51)42(58)48(22,47)5)25(13-15-31(37)53)11-9-7-6-8-10-24-12-14-30(52)36-28(24)17-26-16-27-18-32(54)38(45(50)61)44(60)49(27,62)43(59)35(26)40(36)56/h12-15,22-45,51-62H,6-11,16-21,50H2,1-5H3/t22?,23?,24?,25?,26-,27+,28?,29?,30?,31?,32?,33?,34?,35?,36?,37?,38?,39?,40?,41?,42?,43?,44?,45?,46+,47-,48-,49+/m1/s1. The van der Waals surface area contributed by atoms with E-state index in [2.05, 4.69) is 39.8 Å². The van der Waals surface area contributed by atoms with Crippen LogP contribution in [0.15, 0.2) is 24.3 Å². The lowest BCUT2D eigenvalue weighted by atomic mass is 9.35. The Kier molecular flexibility index (Phi) is 13.0. The van der Waals surface area contributed by atoms with E-state index in [4.69, 9.17) is 5.73 Å². The molecule has 8 aliphatic rings. The molecule has 0 aromatic carbocycles. The van der Waals surface area contributed by atoms with Crippen molar-refractivity contribution in [2.24, 2.45) is 98.9 Å². The molecule has 0 amide bonds. The Bertz CT molecular complexity index is 1660. The number of allylic oxidation sites excluding steroid dienone is 2. The van der Waals surface area contributed by atoms with Gasteiger partial charge < -0.3 is 67.0 Å². The van der Waals surface area contributed by atoms with Crippen LogP contribution in [0.2, 0.25) is 0 Å². The highest BCUT2D eigenvalue weighted by atomic mass is 16.4. The molecule has 13 nitrogen and oxygen atoms in total. The lowest BCUT2D eigenvalue weighted by Gasteiger charge is -2.71. The molecule has 354 valence electrons. The molecule has 0 aromatic heterocycles. The van der Waals surface area contributed by atoms with Crippen LogP contribution in [0.5, 0.6) is 0 Å². The highest BCUT2D eigenvalue weighted by Gasteiger charge is 2.71. The van der Waals surface area contributed by atoms with Gasteiger partial charge in [-0.3, -0.25) is 0 Å². The van der Waals surface area contributed by atoms with Gasteiger partial charge >= 0.3 is 0 Å². The van der Waals surface area contributed by atoms with E-state index in [0.717, 1.165) is 51.4 Å². The van der Waals surface area contributed by atoms with Crippen LogP contribution < -0.4 is 5.73 Å². The average molecular weight is 876 g/mol. The first-order valence-corrected chi connectivity index (χ1v) is 24.4. The van der Waals surface area contributed by atoms with Gasteiger partial charge in [-0.1, -0.05) is 77.7 Å². The van der Waals surface area contributed by atoms with E-state index in [1.807, 2.05) is 6.08 Å². The lowest BCUT2D eigenvalue weighted by Crippen LogP contribution is -2.74. The highest BCUT2D eigenvalue weighted by Crippen LogP contribution is 2.72. The second-order valence-electron chi connectivity index (χ2n) is 23.4. The molecule has 13 heteroatoms. The third kappa shape index (κ3) is 7.11. The molecule has 8 rings (SSSR count). The Morgan fingerprint density at radius 1 is 0.645 bits per heavy atom. The summed E-state index contributed by atoms with van der Waals surface area (Å²) in [4.78, 5) is 0. The van der Waals surface area contributed by atoms with Crippen molar-refractivity contribution in [2.45, 2.75) is 185 Å². The summed E-state index contributed by atoms with van der Waals surface area (Å²) in [5.41, 5.74) is 2.27. The maximum atomic E-state index is 12.3. The SMILES string of the molecule is CC(O)C1C(O)C[C@]2(C)C[C@]3(C)CC4C(CCCCCCC5C=CC(O)C6C(O)C7C(O)[C@]8(O)C(O)C(C(N)O)C(O)C[C@@H]8C[C@@H]7CC56)C=CC(O)C4C(O)C3C(C)[C@]2(C)C1O. The van der Waals surface area contributed by atoms with E-state index in [1.165, 1.54) is 0 Å². The normalized spacial score (nSPS) is 57.8. The lowest BCUT2D eigenvalue weighted by molar-refractivity contribution is -0.293. The zero-order chi connectivity index (χ0) is 45.2. The van der Waals surface area contributed by atoms with Crippen LogP contribution in [0.25, 0.3) is 0 Å². The largest absolute Gasteiger partial charge is 0.393 e. The summed E-state index contributed by atoms with van der Waals surface area (Å²) in [5, 5.41) is 136. The minimum absolute atomic E-state index is 0.0391. The molecule has 28 atom stereocenters. The minimum Gasteiger partial charge on any atom is -0.393 e. The first-order valence-electron chi connectivity index (χ1n) is 24.4. The Balaban J connectivity index is 0.883. The summed E-state index contributed by atoms with van der Waals surface area (Å²) >= 11 is 0. The second kappa shape index (κ2) is 16.9. The van der Waals surface area contributed by atoms with E-state index in [1.54, 1.807) is 13.0 Å². The fourth-order valence-electron chi connectivity index (χ4n) is 17.5. The molecule has 8 aliphatic carbocycles. The topological polar surface area (TPSA) is 269 Å². The van der Waals surface area contributed by atoms with Gasteiger partial charge in [-0.15, -0.1) is 0 Å². The monoisotopic (exact) mass is 876 g/mol. The summed E-state index contributed by atoms with van der Waals surface area (Å²) in [7, 11) is 0. The van der Waals surface area contributed by atoms with E-state index in [9.17, 15) is 61.3 Å². The van der Waals surface area contributed by atoms with Gasteiger partial charge in [0.25, 0.3) is 0 Å². The van der Waals surface area contributed by atoms with Gasteiger partial charge in [-0.25, -0.2) is 0 Å². The third-order valence-corrected chi connectivity index (χ3v) is 20.5. The Morgan fingerprint density at radius 3 is 1.81 bits per heavy atom. The first-order chi connectivity index (χ1) is 29.0. The highest BCUT2D eigenvalue weighted by molar-refractivity contribution is 5.22. The van der Waals surface area contributed by atoms with Gasteiger partial charge in [-0.05, 0) is 116 Å². The smallest absolute Gasteiger partial charge is 0.120 e. The number of aliphatic hydroxyl groups is 12. The van der Waals surface area contributed by atoms with Crippen molar-refractivity contribution in [3.05, 3.63) is 24.3 Å². The number of hydrogen-bond donors (Lipinski definition) is 13. The average Bonchev–Trinajstić information content (AvgIpc) is 3.17. The molecule has 0 saturated heterocycles. The van der Waals surface area contributed by atoms with E-state index in [-0.39, 0.29) is 59.2 Å². The number of fused-ring (bicyclic) bond motifs is 6. The van der Waals surface area contributed by atoms with Crippen molar-refractivity contribution in [2.75, 3.05) is 0 Å². The Morgan fingerprint density at radius 2 is 1.23 bits per heavy atom.